The van der Waals surface area contributed by atoms with E-state index in [0.717, 1.165) is 30.3 Å². The van der Waals surface area contributed by atoms with Gasteiger partial charge in [0, 0.05) is 18.7 Å². The van der Waals surface area contributed by atoms with Crippen LogP contribution in [0.2, 0.25) is 0 Å². The SMILES string of the molecule is Cc1nc(C)n(CCNC(=O)c2cccc([C@@H]3CCCNC3)c2)n1. The molecule has 1 aromatic carbocycles. The minimum Gasteiger partial charge on any atom is -0.350 e. The van der Waals surface area contributed by atoms with Gasteiger partial charge >= 0.3 is 0 Å². The molecule has 1 atom stereocenters. The van der Waals surface area contributed by atoms with Crippen LogP contribution in [-0.2, 0) is 6.54 Å². The molecule has 2 N–H and O–H groups in total. The van der Waals surface area contributed by atoms with E-state index in [9.17, 15) is 4.79 Å². The van der Waals surface area contributed by atoms with E-state index in [-0.39, 0.29) is 5.91 Å². The number of hydrogen-bond acceptors (Lipinski definition) is 4. The molecular formula is C18H25N5O. The van der Waals surface area contributed by atoms with Crippen LogP contribution in [0, 0.1) is 13.8 Å². The van der Waals surface area contributed by atoms with E-state index >= 15 is 0 Å². The van der Waals surface area contributed by atoms with Crippen molar-refractivity contribution in [3.05, 3.63) is 47.0 Å². The largest absolute Gasteiger partial charge is 0.350 e. The van der Waals surface area contributed by atoms with Crippen molar-refractivity contribution >= 4 is 5.91 Å². The van der Waals surface area contributed by atoms with Crippen LogP contribution < -0.4 is 10.6 Å². The fourth-order valence-corrected chi connectivity index (χ4v) is 3.22. The smallest absolute Gasteiger partial charge is 0.251 e. The van der Waals surface area contributed by atoms with E-state index in [1.165, 1.54) is 18.4 Å². The average Bonchev–Trinajstić information content (AvgIpc) is 2.93. The first-order valence-corrected chi connectivity index (χ1v) is 8.60. The zero-order chi connectivity index (χ0) is 16.9. The number of piperidine rings is 1. The van der Waals surface area contributed by atoms with E-state index in [1.807, 2.05) is 36.7 Å². The predicted octanol–water partition coefficient (Wildman–Crippen LogP) is 1.79. The molecule has 6 nitrogen and oxygen atoms in total. The van der Waals surface area contributed by atoms with Gasteiger partial charge < -0.3 is 10.6 Å². The Balaban J connectivity index is 1.57. The molecule has 0 spiro atoms. The monoisotopic (exact) mass is 327 g/mol. The summed E-state index contributed by atoms with van der Waals surface area (Å²) in [6.07, 6.45) is 2.38. The number of amides is 1. The molecule has 1 fully saturated rings. The fraction of sp³-hybridized carbons (Fsp3) is 0.500. The number of aromatic nitrogens is 3. The van der Waals surface area contributed by atoms with Gasteiger partial charge in [-0.15, -0.1) is 0 Å². The number of carbonyl (C=O) groups excluding carboxylic acids is 1. The summed E-state index contributed by atoms with van der Waals surface area (Å²) in [5.74, 6) is 2.10. The van der Waals surface area contributed by atoms with Crippen molar-refractivity contribution in [2.24, 2.45) is 0 Å². The second-order valence-corrected chi connectivity index (χ2v) is 6.35. The molecule has 0 bridgehead atoms. The molecule has 1 aliphatic heterocycles. The van der Waals surface area contributed by atoms with Gasteiger partial charge in [-0.05, 0) is 56.8 Å². The summed E-state index contributed by atoms with van der Waals surface area (Å²) in [7, 11) is 0. The number of nitrogens with one attached hydrogen (secondary N) is 2. The summed E-state index contributed by atoms with van der Waals surface area (Å²) in [5, 5.41) is 10.7. The minimum absolute atomic E-state index is 0.0323. The number of benzene rings is 1. The van der Waals surface area contributed by atoms with Gasteiger partial charge in [-0.1, -0.05) is 12.1 Å². The van der Waals surface area contributed by atoms with E-state index in [0.29, 0.717) is 19.0 Å². The number of nitrogens with zero attached hydrogens (tertiary/aromatic N) is 3. The van der Waals surface area contributed by atoms with Crippen molar-refractivity contribution in [3.63, 3.8) is 0 Å². The highest BCUT2D eigenvalue weighted by atomic mass is 16.1. The summed E-state index contributed by atoms with van der Waals surface area (Å²) in [5.41, 5.74) is 1.97. The molecule has 1 aromatic heterocycles. The summed E-state index contributed by atoms with van der Waals surface area (Å²) < 4.78 is 1.82. The molecule has 0 saturated carbocycles. The van der Waals surface area contributed by atoms with Crippen LogP contribution in [-0.4, -0.2) is 40.3 Å². The van der Waals surface area contributed by atoms with Crippen LogP contribution in [0.3, 0.4) is 0 Å². The molecule has 2 aromatic rings. The molecule has 3 rings (SSSR count). The Morgan fingerprint density at radius 3 is 3.00 bits per heavy atom. The lowest BCUT2D eigenvalue weighted by molar-refractivity contribution is 0.0951. The second-order valence-electron chi connectivity index (χ2n) is 6.35. The fourth-order valence-electron chi connectivity index (χ4n) is 3.22. The lowest BCUT2D eigenvalue weighted by atomic mass is 9.90. The topological polar surface area (TPSA) is 71.8 Å². The van der Waals surface area contributed by atoms with Crippen LogP contribution in [0.1, 0.15) is 46.3 Å². The van der Waals surface area contributed by atoms with Crippen LogP contribution in [0.4, 0.5) is 0 Å². The molecule has 0 aliphatic carbocycles. The van der Waals surface area contributed by atoms with Gasteiger partial charge in [0.25, 0.3) is 5.91 Å². The molecule has 1 aliphatic rings. The standard InChI is InChI=1S/C18H25N5O/c1-13-21-14(2)23(22-13)10-9-20-18(24)16-6-3-5-15(11-16)17-7-4-8-19-12-17/h3,5-6,11,17,19H,4,7-10,12H2,1-2H3,(H,20,24)/t17-/m1/s1. The number of rotatable bonds is 5. The zero-order valence-electron chi connectivity index (χ0n) is 14.4. The maximum absolute atomic E-state index is 12.4. The Kier molecular flexibility index (Phi) is 5.25. The van der Waals surface area contributed by atoms with Crippen LogP contribution in [0.15, 0.2) is 24.3 Å². The molecule has 24 heavy (non-hydrogen) atoms. The van der Waals surface area contributed by atoms with E-state index < -0.39 is 0 Å². The summed E-state index contributed by atoms with van der Waals surface area (Å²) in [6, 6.07) is 8.00. The normalized spacial score (nSPS) is 17.7. The lowest BCUT2D eigenvalue weighted by Crippen LogP contribution is -2.29. The third-order valence-electron chi connectivity index (χ3n) is 4.49. The highest BCUT2D eigenvalue weighted by Crippen LogP contribution is 2.23. The Bertz CT molecular complexity index is 703. The lowest BCUT2D eigenvalue weighted by Gasteiger charge is -2.23. The Morgan fingerprint density at radius 1 is 1.42 bits per heavy atom. The summed E-state index contributed by atoms with van der Waals surface area (Å²) in [4.78, 5) is 16.7. The van der Waals surface area contributed by atoms with Crippen molar-refractivity contribution in [2.75, 3.05) is 19.6 Å². The maximum Gasteiger partial charge on any atom is 0.251 e. The number of carbonyl (C=O) groups is 1. The highest BCUT2D eigenvalue weighted by molar-refractivity contribution is 5.94. The quantitative estimate of drug-likeness (QED) is 0.878. The predicted molar refractivity (Wildman–Crippen MR) is 93.1 cm³/mol. The molecule has 2 heterocycles. The molecule has 6 heteroatoms. The third kappa shape index (κ3) is 4.00. The first-order chi connectivity index (χ1) is 11.6. The Labute approximate surface area is 142 Å². The molecule has 1 saturated heterocycles. The van der Waals surface area contributed by atoms with Crippen LogP contribution in [0.25, 0.3) is 0 Å². The van der Waals surface area contributed by atoms with Crippen molar-refractivity contribution in [3.8, 4) is 0 Å². The second kappa shape index (κ2) is 7.57. The maximum atomic E-state index is 12.4. The van der Waals surface area contributed by atoms with Crippen molar-refractivity contribution in [2.45, 2.75) is 39.2 Å². The van der Waals surface area contributed by atoms with Crippen LogP contribution in [0.5, 0.6) is 0 Å². The van der Waals surface area contributed by atoms with Crippen molar-refractivity contribution < 1.29 is 4.79 Å². The highest BCUT2D eigenvalue weighted by Gasteiger charge is 2.16. The van der Waals surface area contributed by atoms with Crippen molar-refractivity contribution in [1.82, 2.24) is 25.4 Å². The molecule has 0 unspecified atom stereocenters. The first-order valence-electron chi connectivity index (χ1n) is 8.60. The van der Waals surface area contributed by atoms with E-state index in [2.05, 4.69) is 26.8 Å². The Hall–Kier alpha value is -2.21. The van der Waals surface area contributed by atoms with Gasteiger partial charge in [-0.2, -0.15) is 5.10 Å². The van der Waals surface area contributed by atoms with Crippen molar-refractivity contribution in [1.29, 1.82) is 0 Å². The summed E-state index contributed by atoms with van der Waals surface area (Å²) in [6.45, 7) is 7.05. The first kappa shape index (κ1) is 16.6. The van der Waals surface area contributed by atoms with E-state index in [4.69, 9.17) is 0 Å². The minimum atomic E-state index is -0.0323. The van der Waals surface area contributed by atoms with Gasteiger partial charge in [-0.3, -0.25) is 4.79 Å². The van der Waals surface area contributed by atoms with Gasteiger partial charge in [0.15, 0.2) is 0 Å². The number of hydrogen-bond donors (Lipinski definition) is 2. The van der Waals surface area contributed by atoms with Gasteiger partial charge in [-0.25, -0.2) is 9.67 Å². The van der Waals surface area contributed by atoms with Crippen LogP contribution >= 0.6 is 0 Å². The number of aryl methyl sites for hydroxylation is 2. The Morgan fingerprint density at radius 2 is 2.29 bits per heavy atom. The molecule has 1 amide bonds. The van der Waals surface area contributed by atoms with Gasteiger partial charge in [0.2, 0.25) is 0 Å². The average molecular weight is 327 g/mol. The van der Waals surface area contributed by atoms with E-state index in [1.54, 1.807) is 0 Å². The third-order valence-corrected chi connectivity index (χ3v) is 4.49. The molecule has 128 valence electrons. The summed E-state index contributed by atoms with van der Waals surface area (Å²) >= 11 is 0. The molecular weight excluding hydrogens is 302 g/mol. The van der Waals surface area contributed by atoms with Gasteiger partial charge in [0.1, 0.15) is 11.6 Å². The molecule has 0 radical (unpaired) electrons. The van der Waals surface area contributed by atoms with Gasteiger partial charge in [0.05, 0.1) is 6.54 Å². The zero-order valence-corrected chi connectivity index (χ0v) is 14.4.